The van der Waals surface area contributed by atoms with Crippen LogP contribution in [-0.4, -0.2) is 49.5 Å². The normalized spacial score (nSPS) is 21.9. The minimum Gasteiger partial charge on any atom is -0.396 e. The standard InChI is InChI=1S/C11H23NO2/c1-14-10-11(6-9-13)12-7-4-2-3-5-8-12/h11,13H,2-10H2,1H3. The lowest BCUT2D eigenvalue weighted by Crippen LogP contribution is -2.39. The Bertz CT molecular complexity index is 127. The van der Waals surface area contributed by atoms with E-state index in [4.69, 9.17) is 9.84 Å². The maximum Gasteiger partial charge on any atom is 0.0618 e. The monoisotopic (exact) mass is 201 g/mol. The van der Waals surface area contributed by atoms with Crippen molar-refractivity contribution >= 4 is 0 Å². The lowest BCUT2D eigenvalue weighted by Gasteiger charge is -2.29. The molecule has 1 rings (SSSR count). The fourth-order valence-electron chi connectivity index (χ4n) is 2.17. The van der Waals surface area contributed by atoms with Crippen LogP contribution in [0.15, 0.2) is 0 Å². The second-order valence-electron chi connectivity index (χ2n) is 4.07. The van der Waals surface area contributed by atoms with Gasteiger partial charge in [-0.05, 0) is 32.4 Å². The molecule has 1 unspecified atom stereocenters. The number of ether oxygens (including phenoxy) is 1. The first kappa shape index (κ1) is 12.0. The van der Waals surface area contributed by atoms with Gasteiger partial charge in [0.1, 0.15) is 0 Å². The van der Waals surface area contributed by atoms with Crippen LogP contribution in [0.25, 0.3) is 0 Å². The van der Waals surface area contributed by atoms with Gasteiger partial charge >= 0.3 is 0 Å². The summed E-state index contributed by atoms with van der Waals surface area (Å²) < 4.78 is 5.20. The van der Waals surface area contributed by atoms with Crippen LogP contribution in [0, 0.1) is 0 Å². The van der Waals surface area contributed by atoms with Crippen molar-refractivity contribution in [2.24, 2.45) is 0 Å². The Kier molecular flexibility index (Phi) is 6.15. The highest BCUT2D eigenvalue weighted by Crippen LogP contribution is 2.14. The van der Waals surface area contributed by atoms with E-state index in [0.29, 0.717) is 6.04 Å². The van der Waals surface area contributed by atoms with E-state index in [9.17, 15) is 0 Å². The van der Waals surface area contributed by atoms with Gasteiger partial charge in [0.05, 0.1) is 6.61 Å². The van der Waals surface area contributed by atoms with Gasteiger partial charge in [-0.1, -0.05) is 12.8 Å². The van der Waals surface area contributed by atoms with E-state index < -0.39 is 0 Å². The SMILES string of the molecule is COCC(CCO)N1CCCCCC1. The van der Waals surface area contributed by atoms with Crippen LogP contribution in [-0.2, 0) is 4.74 Å². The molecule has 0 aromatic carbocycles. The molecule has 1 atom stereocenters. The van der Waals surface area contributed by atoms with E-state index >= 15 is 0 Å². The quantitative estimate of drug-likeness (QED) is 0.727. The molecule has 0 spiro atoms. The predicted octanol–water partition coefficient (Wildman–Crippen LogP) is 1.26. The molecule has 1 aliphatic heterocycles. The Balaban J connectivity index is 2.38. The first-order valence-corrected chi connectivity index (χ1v) is 5.72. The van der Waals surface area contributed by atoms with Crippen molar-refractivity contribution in [1.29, 1.82) is 0 Å². The number of methoxy groups -OCH3 is 1. The summed E-state index contributed by atoms with van der Waals surface area (Å²) >= 11 is 0. The fourth-order valence-corrected chi connectivity index (χ4v) is 2.17. The smallest absolute Gasteiger partial charge is 0.0618 e. The van der Waals surface area contributed by atoms with E-state index in [1.165, 1.54) is 38.8 Å². The van der Waals surface area contributed by atoms with Crippen molar-refractivity contribution < 1.29 is 9.84 Å². The van der Waals surface area contributed by atoms with Crippen LogP contribution < -0.4 is 0 Å². The van der Waals surface area contributed by atoms with Crippen molar-refractivity contribution in [3.63, 3.8) is 0 Å². The van der Waals surface area contributed by atoms with E-state index in [0.717, 1.165) is 13.0 Å². The van der Waals surface area contributed by atoms with Crippen LogP contribution >= 0.6 is 0 Å². The second-order valence-corrected chi connectivity index (χ2v) is 4.07. The highest BCUT2D eigenvalue weighted by Gasteiger charge is 2.18. The predicted molar refractivity (Wildman–Crippen MR) is 57.4 cm³/mol. The molecule has 0 radical (unpaired) electrons. The van der Waals surface area contributed by atoms with E-state index in [1.54, 1.807) is 7.11 Å². The number of hydrogen-bond donors (Lipinski definition) is 1. The van der Waals surface area contributed by atoms with Crippen LogP contribution in [0.5, 0.6) is 0 Å². The van der Waals surface area contributed by atoms with Crippen LogP contribution in [0.2, 0.25) is 0 Å². The molecular weight excluding hydrogens is 178 g/mol. The highest BCUT2D eigenvalue weighted by molar-refractivity contribution is 4.73. The summed E-state index contributed by atoms with van der Waals surface area (Å²) in [5, 5.41) is 8.98. The van der Waals surface area contributed by atoms with Gasteiger partial charge in [-0.25, -0.2) is 0 Å². The zero-order chi connectivity index (χ0) is 10.2. The molecule has 1 fully saturated rings. The molecule has 84 valence electrons. The first-order chi connectivity index (χ1) is 6.88. The Hall–Kier alpha value is -0.120. The first-order valence-electron chi connectivity index (χ1n) is 5.72. The summed E-state index contributed by atoms with van der Waals surface area (Å²) in [7, 11) is 1.74. The summed E-state index contributed by atoms with van der Waals surface area (Å²) in [5.74, 6) is 0. The van der Waals surface area contributed by atoms with Crippen LogP contribution in [0.3, 0.4) is 0 Å². The number of hydrogen-bond acceptors (Lipinski definition) is 3. The zero-order valence-electron chi connectivity index (χ0n) is 9.24. The molecule has 14 heavy (non-hydrogen) atoms. The third-order valence-electron chi connectivity index (χ3n) is 2.98. The average molecular weight is 201 g/mol. The number of nitrogens with zero attached hydrogens (tertiary/aromatic N) is 1. The minimum absolute atomic E-state index is 0.268. The number of likely N-dealkylation sites (tertiary alicyclic amines) is 1. The highest BCUT2D eigenvalue weighted by atomic mass is 16.5. The van der Waals surface area contributed by atoms with Gasteiger partial charge in [-0.15, -0.1) is 0 Å². The Morgan fingerprint density at radius 1 is 1.21 bits per heavy atom. The molecule has 3 nitrogen and oxygen atoms in total. The van der Waals surface area contributed by atoms with E-state index in [-0.39, 0.29) is 6.61 Å². The molecule has 0 aromatic heterocycles. The molecule has 0 bridgehead atoms. The van der Waals surface area contributed by atoms with E-state index in [2.05, 4.69) is 4.90 Å². The summed E-state index contributed by atoms with van der Waals surface area (Å²) in [6.07, 6.45) is 6.15. The van der Waals surface area contributed by atoms with Crippen molar-refractivity contribution in [2.75, 3.05) is 33.4 Å². The Morgan fingerprint density at radius 2 is 1.86 bits per heavy atom. The Labute approximate surface area is 87.1 Å². The number of aliphatic hydroxyl groups is 1. The average Bonchev–Trinajstić information content (AvgIpc) is 2.45. The molecule has 1 aliphatic rings. The molecule has 0 saturated carbocycles. The van der Waals surface area contributed by atoms with Crippen molar-refractivity contribution in [3.8, 4) is 0 Å². The molecule has 0 aliphatic carbocycles. The lowest BCUT2D eigenvalue weighted by molar-refractivity contribution is 0.0751. The van der Waals surface area contributed by atoms with Crippen LogP contribution in [0.1, 0.15) is 32.1 Å². The van der Waals surface area contributed by atoms with Gasteiger partial charge in [0, 0.05) is 19.8 Å². The van der Waals surface area contributed by atoms with Gasteiger partial charge in [0.15, 0.2) is 0 Å². The van der Waals surface area contributed by atoms with Crippen molar-refractivity contribution in [1.82, 2.24) is 4.90 Å². The van der Waals surface area contributed by atoms with Crippen molar-refractivity contribution in [2.45, 2.75) is 38.1 Å². The topological polar surface area (TPSA) is 32.7 Å². The van der Waals surface area contributed by atoms with E-state index in [1.807, 2.05) is 0 Å². The summed E-state index contributed by atoms with van der Waals surface area (Å²) in [6.45, 7) is 3.37. The molecule has 0 amide bonds. The lowest BCUT2D eigenvalue weighted by atomic mass is 10.2. The minimum atomic E-state index is 0.268. The van der Waals surface area contributed by atoms with Gasteiger partial charge in [0.2, 0.25) is 0 Å². The molecular formula is C11H23NO2. The maximum absolute atomic E-state index is 8.98. The molecule has 1 N–H and O–H groups in total. The zero-order valence-corrected chi connectivity index (χ0v) is 9.24. The largest absolute Gasteiger partial charge is 0.396 e. The Morgan fingerprint density at radius 3 is 2.36 bits per heavy atom. The van der Waals surface area contributed by atoms with Crippen molar-refractivity contribution in [3.05, 3.63) is 0 Å². The third kappa shape index (κ3) is 3.95. The molecule has 1 heterocycles. The molecule has 1 saturated heterocycles. The maximum atomic E-state index is 8.98. The van der Waals surface area contributed by atoms with Gasteiger partial charge in [0.25, 0.3) is 0 Å². The number of rotatable bonds is 5. The van der Waals surface area contributed by atoms with Gasteiger partial charge in [-0.3, -0.25) is 4.90 Å². The summed E-state index contributed by atoms with van der Waals surface area (Å²) in [5.41, 5.74) is 0. The fraction of sp³-hybridized carbons (Fsp3) is 1.00. The second kappa shape index (κ2) is 7.21. The third-order valence-corrected chi connectivity index (χ3v) is 2.98. The molecule has 0 aromatic rings. The van der Waals surface area contributed by atoms with Gasteiger partial charge < -0.3 is 9.84 Å². The number of aliphatic hydroxyl groups excluding tert-OH is 1. The summed E-state index contributed by atoms with van der Waals surface area (Å²) in [4.78, 5) is 2.48. The molecule has 3 heteroatoms. The summed E-state index contributed by atoms with van der Waals surface area (Å²) in [6, 6.07) is 0.420. The van der Waals surface area contributed by atoms with Crippen LogP contribution in [0.4, 0.5) is 0 Å². The van der Waals surface area contributed by atoms with Gasteiger partial charge in [-0.2, -0.15) is 0 Å².